The molecule has 0 bridgehead atoms. The molecule has 2 nitrogen and oxygen atoms in total. The van der Waals surface area contributed by atoms with Crippen molar-refractivity contribution in [2.24, 2.45) is 0 Å². The Balaban J connectivity index is 2.70. The SMILES string of the molecule is CCOCCN(C)c1ccc(Cl)cc1CBr. The van der Waals surface area contributed by atoms with Crippen molar-refractivity contribution in [3.63, 3.8) is 0 Å². The van der Waals surface area contributed by atoms with Crippen LogP contribution in [0.1, 0.15) is 12.5 Å². The van der Waals surface area contributed by atoms with E-state index in [2.05, 4.69) is 27.9 Å². The Morgan fingerprint density at radius 1 is 1.44 bits per heavy atom. The zero-order valence-electron chi connectivity index (χ0n) is 9.67. The quantitative estimate of drug-likeness (QED) is 0.587. The van der Waals surface area contributed by atoms with E-state index in [0.29, 0.717) is 0 Å². The summed E-state index contributed by atoms with van der Waals surface area (Å²) in [7, 11) is 2.06. The third kappa shape index (κ3) is 3.96. The first kappa shape index (κ1) is 13.8. The molecule has 0 aliphatic rings. The first-order valence-electron chi connectivity index (χ1n) is 5.32. The van der Waals surface area contributed by atoms with Gasteiger partial charge in [-0.3, -0.25) is 0 Å². The monoisotopic (exact) mass is 305 g/mol. The molecule has 90 valence electrons. The Morgan fingerprint density at radius 2 is 2.19 bits per heavy atom. The van der Waals surface area contributed by atoms with E-state index in [-0.39, 0.29) is 0 Å². The number of benzene rings is 1. The highest BCUT2D eigenvalue weighted by atomic mass is 79.9. The third-order valence-electron chi connectivity index (χ3n) is 2.37. The predicted molar refractivity (Wildman–Crippen MR) is 73.8 cm³/mol. The van der Waals surface area contributed by atoms with Gasteiger partial charge in [0.1, 0.15) is 0 Å². The van der Waals surface area contributed by atoms with Gasteiger partial charge in [-0.25, -0.2) is 0 Å². The summed E-state index contributed by atoms with van der Waals surface area (Å²) in [6.45, 7) is 4.40. The van der Waals surface area contributed by atoms with Crippen LogP contribution in [-0.4, -0.2) is 26.8 Å². The number of rotatable bonds is 6. The van der Waals surface area contributed by atoms with Gasteiger partial charge in [-0.05, 0) is 30.7 Å². The van der Waals surface area contributed by atoms with Gasteiger partial charge in [0.05, 0.1) is 6.61 Å². The van der Waals surface area contributed by atoms with Crippen LogP contribution in [-0.2, 0) is 10.1 Å². The second-order valence-corrected chi connectivity index (χ2v) is 4.52. The molecule has 0 aliphatic carbocycles. The van der Waals surface area contributed by atoms with Gasteiger partial charge in [-0.15, -0.1) is 0 Å². The Kier molecular flexibility index (Phi) is 6.17. The van der Waals surface area contributed by atoms with Gasteiger partial charge in [-0.2, -0.15) is 0 Å². The fourth-order valence-electron chi connectivity index (χ4n) is 1.50. The fourth-order valence-corrected chi connectivity index (χ4v) is 2.14. The van der Waals surface area contributed by atoms with Gasteiger partial charge in [-0.1, -0.05) is 27.5 Å². The van der Waals surface area contributed by atoms with E-state index in [1.54, 1.807) is 0 Å². The van der Waals surface area contributed by atoms with E-state index in [1.165, 1.54) is 11.3 Å². The maximum absolute atomic E-state index is 5.96. The molecule has 1 aromatic rings. The summed E-state index contributed by atoms with van der Waals surface area (Å²) in [5.41, 5.74) is 2.40. The van der Waals surface area contributed by atoms with Crippen molar-refractivity contribution in [3.05, 3.63) is 28.8 Å². The lowest BCUT2D eigenvalue weighted by molar-refractivity contribution is 0.154. The molecule has 0 fully saturated rings. The molecule has 1 aromatic carbocycles. The van der Waals surface area contributed by atoms with Crippen molar-refractivity contribution in [1.29, 1.82) is 0 Å². The number of nitrogens with zero attached hydrogens (tertiary/aromatic N) is 1. The summed E-state index contributed by atoms with van der Waals surface area (Å²) in [4.78, 5) is 2.18. The largest absolute Gasteiger partial charge is 0.380 e. The van der Waals surface area contributed by atoms with Crippen molar-refractivity contribution in [2.45, 2.75) is 12.3 Å². The van der Waals surface area contributed by atoms with E-state index in [4.69, 9.17) is 16.3 Å². The number of ether oxygens (including phenoxy) is 1. The molecule has 0 unspecified atom stereocenters. The lowest BCUT2D eigenvalue weighted by Gasteiger charge is -2.22. The van der Waals surface area contributed by atoms with Crippen LogP contribution in [0.3, 0.4) is 0 Å². The zero-order chi connectivity index (χ0) is 12.0. The van der Waals surface area contributed by atoms with Crippen LogP contribution < -0.4 is 4.90 Å². The first-order chi connectivity index (χ1) is 7.69. The van der Waals surface area contributed by atoms with Crippen LogP contribution in [0.5, 0.6) is 0 Å². The smallest absolute Gasteiger partial charge is 0.0641 e. The summed E-state index contributed by atoms with van der Waals surface area (Å²) in [5.74, 6) is 0. The van der Waals surface area contributed by atoms with Crippen molar-refractivity contribution in [2.75, 3.05) is 31.7 Å². The second kappa shape index (κ2) is 7.15. The van der Waals surface area contributed by atoms with E-state index < -0.39 is 0 Å². The molecule has 0 heterocycles. The lowest BCUT2D eigenvalue weighted by Crippen LogP contribution is -2.23. The second-order valence-electron chi connectivity index (χ2n) is 3.53. The average molecular weight is 307 g/mol. The van der Waals surface area contributed by atoms with Crippen molar-refractivity contribution in [3.8, 4) is 0 Å². The molecule has 0 aromatic heterocycles. The maximum Gasteiger partial charge on any atom is 0.0641 e. The van der Waals surface area contributed by atoms with Crippen LogP contribution in [0.2, 0.25) is 5.02 Å². The first-order valence-corrected chi connectivity index (χ1v) is 6.82. The summed E-state index contributed by atoms with van der Waals surface area (Å²) in [6, 6.07) is 5.95. The van der Waals surface area contributed by atoms with Crippen LogP contribution in [0.25, 0.3) is 0 Å². The Morgan fingerprint density at radius 3 is 2.81 bits per heavy atom. The zero-order valence-corrected chi connectivity index (χ0v) is 12.0. The summed E-state index contributed by atoms with van der Waals surface area (Å²) < 4.78 is 5.34. The molecule has 0 aliphatic heterocycles. The Hall–Kier alpha value is -0.250. The van der Waals surface area contributed by atoms with Crippen molar-refractivity contribution in [1.82, 2.24) is 0 Å². The molecule has 0 amide bonds. The number of anilines is 1. The molecule has 16 heavy (non-hydrogen) atoms. The normalized spacial score (nSPS) is 10.5. The van der Waals surface area contributed by atoms with E-state index >= 15 is 0 Å². The fraction of sp³-hybridized carbons (Fsp3) is 0.500. The summed E-state index contributed by atoms with van der Waals surface area (Å²) in [5, 5.41) is 1.58. The number of hydrogen-bond acceptors (Lipinski definition) is 2. The van der Waals surface area contributed by atoms with Gasteiger partial charge in [0, 0.05) is 36.2 Å². The maximum atomic E-state index is 5.96. The lowest BCUT2D eigenvalue weighted by atomic mass is 10.2. The van der Waals surface area contributed by atoms with Crippen LogP contribution in [0.4, 0.5) is 5.69 Å². The van der Waals surface area contributed by atoms with Crippen LogP contribution in [0, 0.1) is 0 Å². The molecule has 0 saturated heterocycles. The summed E-state index contributed by atoms with van der Waals surface area (Å²) >= 11 is 9.44. The highest BCUT2D eigenvalue weighted by Crippen LogP contribution is 2.25. The van der Waals surface area contributed by atoms with E-state index in [1.807, 2.05) is 25.1 Å². The minimum absolute atomic E-state index is 0.747. The average Bonchev–Trinajstić information content (AvgIpc) is 2.29. The van der Waals surface area contributed by atoms with Gasteiger partial charge in [0.15, 0.2) is 0 Å². The number of halogens is 2. The molecule has 0 saturated carbocycles. The molecular formula is C12H17BrClNO. The van der Waals surface area contributed by atoms with E-state index in [0.717, 1.165) is 30.1 Å². The van der Waals surface area contributed by atoms with Gasteiger partial charge in [0.25, 0.3) is 0 Å². The minimum atomic E-state index is 0.747. The number of alkyl halides is 1. The van der Waals surface area contributed by atoms with Crippen LogP contribution in [0.15, 0.2) is 18.2 Å². The third-order valence-corrected chi connectivity index (χ3v) is 3.21. The Labute approximate surface area is 111 Å². The van der Waals surface area contributed by atoms with Crippen molar-refractivity contribution >= 4 is 33.2 Å². The standard InChI is InChI=1S/C12H17BrClNO/c1-3-16-7-6-15(2)12-5-4-11(14)8-10(12)9-13/h4-5,8H,3,6-7,9H2,1-2H3. The molecular weight excluding hydrogens is 289 g/mol. The molecule has 0 spiro atoms. The molecule has 0 N–H and O–H groups in total. The number of hydrogen-bond donors (Lipinski definition) is 0. The number of likely N-dealkylation sites (N-methyl/N-ethyl adjacent to an activating group) is 1. The summed E-state index contributed by atoms with van der Waals surface area (Å²) in [6.07, 6.45) is 0. The molecule has 0 radical (unpaired) electrons. The minimum Gasteiger partial charge on any atom is -0.380 e. The van der Waals surface area contributed by atoms with Gasteiger partial charge < -0.3 is 9.64 Å². The van der Waals surface area contributed by atoms with Crippen LogP contribution >= 0.6 is 27.5 Å². The Bertz CT molecular complexity index is 333. The van der Waals surface area contributed by atoms with Gasteiger partial charge >= 0.3 is 0 Å². The molecule has 1 rings (SSSR count). The van der Waals surface area contributed by atoms with E-state index in [9.17, 15) is 0 Å². The highest BCUT2D eigenvalue weighted by molar-refractivity contribution is 9.08. The van der Waals surface area contributed by atoms with Crippen molar-refractivity contribution < 1.29 is 4.74 Å². The molecule has 4 heteroatoms. The van der Waals surface area contributed by atoms with Gasteiger partial charge in [0.2, 0.25) is 0 Å². The topological polar surface area (TPSA) is 12.5 Å². The molecule has 0 atom stereocenters. The highest BCUT2D eigenvalue weighted by Gasteiger charge is 2.07. The predicted octanol–water partition coefficient (Wildman–Crippen LogP) is 3.71.